The van der Waals surface area contributed by atoms with E-state index in [2.05, 4.69) is 17.2 Å². The molecule has 0 heterocycles. The van der Waals surface area contributed by atoms with E-state index in [4.69, 9.17) is 0 Å². The monoisotopic (exact) mass is 323 g/mol. The Bertz CT molecular complexity index is 798. The fourth-order valence-corrected chi connectivity index (χ4v) is 2.52. The molecule has 1 aliphatic rings. The van der Waals surface area contributed by atoms with Crippen molar-refractivity contribution in [2.45, 2.75) is 24.9 Å². The summed E-state index contributed by atoms with van der Waals surface area (Å²) >= 11 is 0. The van der Waals surface area contributed by atoms with Gasteiger partial charge in [0.25, 0.3) is 5.91 Å². The summed E-state index contributed by atoms with van der Waals surface area (Å²) < 4.78 is 13.5. The molecule has 0 atom stereocenters. The molecule has 1 fully saturated rings. The molecule has 0 aromatic heterocycles. The zero-order chi connectivity index (χ0) is 17.0. The summed E-state index contributed by atoms with van der Waals surface area (Å²) in [6.07, 6.45) is 2.47. The summed E-state index contributed by atoms with van der Waals surface area (Å²) in [7, 11) is 0. The number of hydrogen-bond donors (Lipinski definition) is 2. The van der Waals surface area contributed by atoms with Gasteiger partial charge in [-0.25, -0.2) is 4.39 Å². The summed E-state index contributed by atoms with van der Waals surface area (Å²) in [5, 5.41) is 12.7. The zero-order valence-corrected chi connectivity index (χ0v) is 13.2. The molecule has 4 heteroatoms. The lowest BCUT2D eigenvalue weighted by atomic mass is 9.80. The number of rotatable bonds is 3. The first-order valence-corrected chi connectivity index (χ1v) is 7.93. The minimum atomic E-state index is -0.735. The van der Waals surface area contributed by atoms with Crippen LogP contribution in [0.25, 0.3) is 0 Å². The fraction of sp³-hybridized carbons (Fsp3) is 0.250. The summed E-state index contributed by atoms with van der Waals surface area (Å²) in [4.78, 5) is 12.1. The summed E-state index contributed by atoms with van der Waals surface area (Å²) in [5.41, 5.74) is 0.816. The number of carbonyl (C=O) groups is 1. The molecule has 2 aromatic rings. The van der Waals surface area contributed by atoms with Crippen molar-refractivity contribution in [2.24, 2.45) is 0 Å². The SMILES string of the molecule is O=C(NCC1(O)CCC1)c1ccc(C#Cc2ccccc2F)cc1. The first-order chi connectivity index (χ1) is 11.6. The Balaban J connectivity index is 1.63. The van der Waals surface area contributed by atoms with Crippen molar-refractivity contribution in [3.05, 3.63) is 71.0 Å². The zero-order valence-electron chi connectivity index (χ0n) is 13.2. The molecule has 3 nitrogen and oxygen atoms in total. The van der Waals surface area contributed by atoms with E-state index in [1.807, 2.05) is 0 Å². The molecule has 2 N–H and O–H groups in total. The molecule has 0 spiro atoms. The maximum Gasteiger partial charge on any atom is 0.251 e. The highest BCUT2D eigenvalue weighted by atomic mass is 19.1. The average molecular weight is 323 g/mol. The van der Waals surface area contributed by atoms with Gasteiger partial charge in [0.05, 0.1) is 11.2 Å². The Kier molecular flexibility index (Phi) is 4.64. The molecule has 0 unspecified atom stereocenters. The Morgan fingerprint density at radius 3 is 2.46 bits per heavy atom. The second kappa shape index (κ2) is 6.86. The average Bonchev–Trinajstić information content (AvgIpc) is 2.58. The van der Waals surface area contributed by atoms with E-state index < -0.39 is 5.60 Å². The maximum atomic E-state index is 13.5. The highest BCUT2D eigenvalue weighted by Crippen LogP contribution is 2.30. The van der Waals surface area contributed by atoms with Crippen LogP contribution < -0.4 is 5.32 Å². The molecular formula is C20H18FNO2. The lowest BCUT2D eigenvalue weighted by Crippen LogP contribution is -2.47. The van der Waals surface area contributed by atoms with Crippen molar-refractivity contribution < 1.29 is 14.3 Å². The van der Waals surface area contributed by atoms with Crippen LogP contribution in [-0.4, -0.2) is 23.2 Å². The van der Waals surface area contributed by atoms with Gasteiger partial charge in [-0.2, -0.15) is 0 Å². The summed E-state index contributed by atoms with van der Waals surface area (Å²) in [6.45, 7) is 0.278. The third kappa shape index (κ3) is 3.81. The first-order valence-electron chi connectivity index (χ1n) is 7.93. The van der Waals surface area contributed by atoms with E-state index in [-0.39, 0.29) is 18.3 Å². The van der Waals surface area contributed by atoms with Crippen LogP contribution in [0.3, 0.4) is 0 Å². The van der Waals surface area contributed by atoms with Crippen LogP contribution in [0.5, 0.6) is 0 Å². The van der Waals surface area contributed by atoms with E-state index in [1.54, 1.807) is 42.5 Å². The van der Waals surface area contributed by atoms with Crippen molar-refractivity contribution >= 4 is 5.91 Å². The van der Waals surface area contributed by atoms with Crippen molar-refractivity contribution in [3.8, 4) is 11.8 Å². The van der Waals surface area contributed by atoms with Gasteiger partial charge in [-0.1, -0.05) is 24.0 Å². The third-order valence-electron chi connectivity index (χ3n) is 4.22. The van der Waals surface area contributed by atoms with Gasteiger partial charge in [-0.3, -0.25) is 4.79 Å². The van der Waals surface area contributed by atoms with Gasteiger partial charge >= 0.3 is 0 Å². The highest BCUT2D eigenvalue weighted by molar-refractivity contribution is 5.94. The molecule has 0 saturated heterocycles. The van der Waals surface area contributed by atoms with E-state index in [0.29, 0.717) is 16.7 Å². The predicted octanol–water partition coefficient (Wildman–Crippen LogP) is 2.87. The minimum Gasteiger partial charge on any atom is -0.388 e. The van der Waals surface area contributed by atoms with Gasteiger partial charge in [0, 0.05) is 17.7 Å². The topological polar surface area (TPSA) is 49.3 Å². The van der Waals surface area contributed by atoms with Crippen molar-refractivity contribution in [1.82, 2.24) is 5.32 Å². The number of benzene rings is 2. The molecule has 0 aliphatic heterocycles. The lowest BCUT2D eigenvalue weighted by molar-refractivity contribution is -0.0300. The number of carbonyl (C=O) groups excluding carboxylic acids is 1. The van der Waals surface area contributed by atoms with Crippen LogP contribution in [0.4, 0.5) is 4.39 Å². The summed E-state index contributed by atoms with van der Waals surface area (Å²) in [6, 6.07) is 13.1. The van der Waals surface area contributed by atoms with Crippen LogP contribution in [0.15, 0.2) is 48.5 Å². The van der Waals surface area contributed by atoms with Gasteiger partial charge in [0.2, 0.25) is 0 Å². The number of aliphatic hydroxyl groups is 1. The smallest absolute Gasteiger partial charge is 0.251 e. The number of halogens is 1. The molecule has 122 valence electrons. The summed E-state index contributed by atoms with van der Waals surface area (Å²) in [5.74, 6) is 5.09. The molecule has 1 saturated carbocycles. The Morgan fingerprint density at radius 1 is 1.12 bits per heavy atom. The van der Waals surface area contributed by atoms with Crippen molar-refractivity contribution in [1.29, 1.82) is 0 Å². The van der Waals surface area contributed by atoms with Crippen LogP contribution in [-0.2, 0) is 0 Å². The third-order valence-corrected chi connectivity index (χ3v) is 4.22. The van der Waals surface area contributed by atoms with Gasteiger partial charge in [0.15, 0.2) is 0 Å². The van der Waals surface area contributed by atoms with Crippen LogP contribution in [0.1, 0.15) is 40.7 Å². The molecule has 24 heavy (non-hydrogen) atoms. The molecule has 1 aliphatic carbocycles. The second-order valence-corrected chi connectivity index (χ2v) is 6.07. The Labute approximate surface area is 140 Å². The fourth-order valence-electron chi connectivity index (χ4n) is 2.52. The van der Waals surface area contributed by atoms with Crippen molar-refractivity contribution in [3.63, 3.8) is 0 Å². The first kappa shape index (κ1) is 16.2. The largest absolute Gasteiger partial charge is 0.388 e. The molecule has 0 bridgehead atoms. The van der Waals surface area contributed by atoms with Crippen LogP contribution >= 0.6 is 0 Å². The highest BCUT2D eigenvalue weighted by Gasteiger charge is 2.34. The number of amides is 1. The maximum absolute atomic E-state index is 13.5. The van der Waals surface area contributed by atoms with E-state index in [9.17, 15) is 14.3 Å². The van der Waals surface area contributed by atoms with E-state index >= 15 is 0 Å². The normalized spacial score (nSPS) is 14.9. The van der Waals surface area contributed by atoms with Crippen molar-refractivity contribution in [2.75, 3.05) is 6.54 Å². The number of nitrogens with one attached hydrogen (secondary N) is 1. The standard InChI is InChI=1S/C20H18FNO2/c21-18-5-2-1-4-16(18)9-6-15-7-10-17(11-8-15)19(23)22-14-20(24)12-3-13-20/h1-2,4-5,7-8,10-11,24H,3,12-14H2,(H,22,23). The Morgan fingerprint density at radius 2 is 1.83 bits per heavy atom. The van der Waals surface area contributed by atoms with Gasteiger partial charge < -0.3 is 10.4 Å². The quantitative estimate of drug-likeness (QED) is 0.854. The molecule has 0 radical (unpaired) electrons. The van der Waals surface area contributed by atoms with Gasteiger partial charge in [-0.15, -0.1) is 0 Å². The second-order valence-electron chi connectivity index (χ2n) is 6.07. The van der Waals surface area contributed by atoms with Gasteiger partial charge in [-0.05, 0) is 55.7 Å². The van der Waals surface area contributed by atoms with Gasteiger partial charge in [0.1, 0.15) is 5.82 Å². The van der Waals surface area contributed by atoms with E-state index in [0.717, 1.165) is 19.3 Å². The number of hydrogen-bond acceptors (Lipinski definition) is 2. The molecule has 1 amide bonds. The van der Waals surface area contributed by atoms with Crippen LogP contribution in [0, 0.1) is 17.7 Å². The molecule has 2 aromatic carbocycles. The molecular weight excluding hydrogens is 305 g/mol. The Hall–Kier alpha value is -2.64. The predicted molar refractivity (Wildman–Crippen MR) is 90.0 cm³/mol. The molecule has 3 rings (SSSR count). The van der Waals surface area contributed by atoms with Crippen LogP contribution in [0.2, 0.25) is 0 Å². The minimum absolute atomic E-state index is 0.219. The lowest BCUT2D eigenvalue weighted by Gasteiger charge is -2.36. The van der Waals surface area contributed by atoms with E-state index in [1.165, 1.54) is 6.07 Å².